The number of fused-ring (bicyclic) bond motifs is 3. The normalized spacial score (nSPS) is 26.3. The van der Waals surface area contributed by atoms with E-state index in [0.29, 0.717) is 23.0 Å². The van der Waals surface area contributed by atoms with Crippen LogP contribution in [-0.4, -0.2) is 88.7 Å². The lowest BCUT2D eigenvalue weighted by molar-refractivity contribution is -0.184. The van der Waals surface area contributed by atoms with E-state index in [2.05, 4.69) is 44.2 Å². The third kappa shape index (κ3) is 6.46. The number of phenols is 1. The lowest BCUT2D eigenvalue weighted by Crippen LogP contribution is -2.73. The van der Waals surface area contributed by atoms with Crippen molar-refractivity contribution < 1.29 is 34.8 Å². The van der Waals surface area contributed by atoms with Crippen molar-refractivity contribution in [3.05, 3.63) is 75.7 Å². The number of nitrogens with two attached hydrogens (primary N) is 1. The summed E-state index contributed by atoms with van der Waals surface area (Å²) < 4.78 is 0. The van der Waals surface area contributed by atoms with Crippen molar-refractivity contribution in [3.63, 3.8) is 0 Å². The first-order valence-electron chi connectivity index (χ1n) is 18.1. The number of hydrogen-bond donors (Lipinski definition) is 5. The Balaban J connectivity index is 1.40. The van der Waals surface area contributed by atoms with Crippen molar-refractivity contribution in [3.8, 4) is 16.2 Å². The van der Waals surface area contributed by atoms with E-state index in [0.717, 1.165) is 36.2 Å². The molecule has 0 spiro atoms. The molecule has 11 heteroatoms. The summed E-state index contributed by atoms with van der Waals surface area (Å²) in [7, 11) is 7.03. The predicted molar refractivity (Wildman–Crippen MR) is 203 cm³/mol. The molecule has 7 atom stereocenters. The van der Waals surface area contributed by atoms with Gasteiger partial charge in [0.05, 0.1) is 11.7 Å². The van der Waals surface area contributed by atoms with Gasteiger partial charge in [0.1, 0.15) is 17.4 Å². The van der Waals surface area contributed by atoms with Crippen LogP contribution in [0.5, 0.6) is 5.75 Å². The van der Waals surface area contributed by atoms with Gasteiger partial charge in [-0.05, 0) is 93.3 Å². The lowest BCUT2D eigenvalue weighted by Gasteiger charge is -2.53. The van der Waals surface area contributed by atoms with Gasteiger partial charge in [-0.15, -0.1) is 11.3 Å². The van der Waals surface area contributed by atoms with Crippen LogP contribution in [0.3, 0.4) is 0 Å². The van der Waals surface area contributed by atoms with E-state index in [1.165, 1.54) is 10.4 Å². The molecule has 2 fully saturated rings. The molecule has 3 aliphatic rings. The number of carbonyl (C=O) groups excluding carboxylic acids is 3. The van der Waals surface area contributed by atoms with Crippen LogP contribution in [0, 0.1) is 29.6 Å². The lowest BCUT2D eigenvalue weighted by atomic mass is 9.54. The van der Waals surface area contributed by atoms with Crippen molar-refractivity contribution >= 4 is 40.3 Å². The Kier molecular flexibility index (Phi) is 10.5. The Bertz CT molecular complexity index is 1900. The van der Waals surface area contributed by atoms with Gasteiger partial charge in [0.2, 0.25) is 11.7 Å². The summed E-state index contributed by atoms with van der Waals surface area (Å²) in [5, 5.41) is 47.1. The molecule has 10 nitrogen and oxygen atoms in total. The molecule has 6 rings (SSSR count). The van der Waals surface area contributed by atoms with Crippen LogP contribution in [0.1, 0.15) is 54.7 Å². The first-order chi connectivity index (χ1) is 24.6. The Morgan fingerprint density at radius 1 is 1.02 bits per heavy atom. The van der Waals surface area contributed by atoms with Gasteiger partial charge >= 0.3 is 0 Å². The van der Waals surface area contributed by atoms with Gasteiger partial charge in [0.25, 0.3) is 0 Å². The number of ketones is 2. The number of anilines is 1. The molecule has 0 saturated heterocycles. The molecular formula is C41H51N3O7S. The number of rotatable bonds is 11. The SMILES string of the molecule is CC(C)CCC(Cc1ccccc1)Cc1ccc(-c2cc(N(C)C)c3c(c2O)C(O)=C2C(=O)[C@]4(O)C(=O)C(C(N)=O)[C@H](O)[C@@H](N(C)C)[C@@H]4C[C@@H]2C3)s1. The Morgan fingerprint density at radius 3 is 2.33 bits per heavy atom. The third-order valence-corrected chi connectivity index (χ3v) is 12.6. The van der Waals surface area contributed by atoms with E-state index in [1.54, 1.807) is 30.3 Å². The van der Waals surface area contributed by atoms with E-state index >= 15 is 0 Å². The number of carbonyl (C=O) groups is 3. The summed E-state index contributed by atoms with van der Waals surface area (Å²) >= 11 is 1.59. The number of aliphatic hydroxyl groups is 3. The van der Waals surface area contributed by atoms with Crippen molar-refractivity contribution in [1.29, 1.82) is 0 Å². The average molecular weight is 730 g/mol. The largest absolute Gasteiger partial charge is 0.507 e. The highest BCUT2D eigenvalue weighted by Crippen LogP contribution is 2.55. The van der Waals surface area contributed by atoms with Gasteiger partial charge in [-0.3, -0.25) is 14.4 Å². The third-order valence-electron chi connectivity index (χ3n) is 11.5. The van der Waals surface area contributed by atoms with Crippen molar-refractivity contribution in [2.75, 3.05) is 33.1 Å². The van der Waals surface area contributed by atoms with Gasteiger partial charge in [0, 0.05) is 52.6 Å². The van der Waals surface area contributed by atoms with Crippen LogP contribution < -0.4 is 10.6 Å². The number of primary amides is 1. The van der Waals surface area contributed by atoms with Gasteiger partial charge in [-0.1, -0.05) is 50.6 Å². The molecule has 0 bridgehead atoms. The fourth-order valence-electron chi connectivity index (χ4n) is 8.95. The maximum absolute atomic E-state index is 14.4. The van der Waals surface area contributed by atoms with Crippen LogP contribution >= 0.6 is 11.3 Å². The molecule has 0 radical (unpaired) electrons. The fourth-order valence-corrected chi connectivity index (χ4v) is 10.1. The van der Waals surface area contributed by atoms with Crippen LogP contribution in [0.15, 0.2) is 54.1 Å². The van der Waals surface area contributed by atoms with E-state index in [1.807, 2.05) is 37.2 Å². The molecule has 2 saturated carbocycles. The van der Waals surface area contributed by atoms with E-state index in [4.69, 9.17) is 5.73 Å². The van der Waals surface area contributed by atoms with Gasteiger partial charge in [0.15, 0.2) is 11.4 Å². The van der Waals surface area contributed by atoms with Crippen LogP contribution in [0.2, 0.25) is 0 Å². The number of phenolic OH excluding ortho intramolecular Hbond substituents is 1. The maximum Gasteiger partial charge on any atom is 0.230 e. The molecule has 1 amide bonds. The molecule has 0 aliphatic heterocycles. The molecular weight excluding hydrogens is 679 g/mol. The highest BCUT2D eigenvalue weighted by Gasteiger charge is 2.67. The summed E-state index contributed by atoms with van der Waals surface area (Å²) in [6.45, 7) is 4.48. The smallest absolute Gasteiger partial charge is 0.230 e. The maximum atomic E-state index is 14.4. The summed E-state index contributed by atoms with van der Waals surface area (Å²) in [4.78, 5) is 46.0. The second kappa shape index (κ2) is 14.4. The number of aromatic hydroxyl groups is 1. The average Bonchev–Trinajstić information content (AvgIpc) is 3.53. The minimum atomic E-state index is -2.70. The van der Waals surface area contributed by atoms with E-state index in [-0.39, 0.29) is 29.7 Å². The predicted octanol–water partition coefficient (Wildman–Crippen LogP) is 4.76. The second-order valence-corrected chi connectivity index (χ2v) is 17.0. The number of Topliss-reactive ketones (excluding diaryl/α,β-unsaturated/α-hetero) is 2. The first-order valence-corrected chi connectivity index (χ1v) is 19.0. The standard InChI is InChI=1S/C41H51N3O7S/c1-21(2)12-13-23(16-22-10-8-7-9-11-22)17-25-14-15-30(52-25)27-20-29(43(3)4)26-18-24-19-28-34(44(5)6)37(47)33(40(42)50)39(49)41(28,51)38(48)31(24)36(46)32(26)35(27)45/h7-11,14-15,20-21,23-24,28,33-34,37,45-47,51H,12-13,16-19H2,1-6H3,(H2,42,50)/t23?,24-,28-,33?,34-,37-,41-/m0/s1. The van der Waals surface area contributed by atoms with E-state index in [9.17, 15) is 34.8 Å². The number of aliphatic hydroxyl groups excluding tert-OH is 2. The van der Waals surface area contributed by atoms with Crippen molar-refractivity contribution in [2.24, 2.45) is 35.3 Å². The topological polar surface area (TPSA) is 165 Å². The Labute approximate surface area is 309 Å². The number of benzene rings is 2. The van der Waals surface area contributed by atoms with Crippen LogP contribution in [-0.2, 0) is 33.6 Å². The van der Waals surface area contributed by atoms with Crippen LogP contribution in [0.4, 0.5) is 5.69 Å². The minimum absolute atomic E-state index is 0.0722. The van der Waals surface area contributed by atoms with Gasteiger partial charge in [-0.2, -0.15) is 0 Å². The summed E-state index contributed by atoms with van der Waals surface area (Å²) in [5.41, 5.74) is 5.97. The minimum Gasteiger partial charge on any atom is -0.507 e. The number of likely N-dealkylation sites (N-methyl/N-ethyl adjacent to an activating group) is 1. The van der Waals surface area contributed by atoms with Crippen molar-refractivity contribution in [1.82, 2.24) is 4.90 Å². The second-order valence-electron chi connectivity index (χ2n) is 15.8. The number of thiophene rings is 1. The zero-order chi connectivity index (χ0) is 37.8. The zero-order valence-electron chi connectivity index (χ0n) is 30.8. The van der Waals surface area contributed by atoms with Crippen LogP contribution in [0.25, 0.3) is 16.2 Å². The molecule has 1 aromatic heterocycles. The summed E-state index contributed by atoms with van der Waals surface area (Å²) in [6.07, 6.45) is 2.85. The van der Waals surface area contributed by atoms with Gasteiger partial charge < -0.3 is 36.0 Å². The number of amides is 1. The Morgan fingerprint density at radius 2 is 1.71 bits per heavy atom. The number of hydrogen-bond acceptors (Lipinski definition) is 10. The number of nitrogens with zero attached hydrogens (tertiary/aromatic N) is 2. The molecule has 52 heavy (non-hydrogen) atoms. The monoisotopic (exact) mass is 729 g/mol. The quantitative estimate of drug-likeness (QED) is 0.175. The van der Waals surface area contributed by atoms with Crippen molar-refractivity contribution in [2.45, 2.75) is 70.1 Å². The Hall–Kier alpha value is -4.03. The first kappa shape index (κ1) is 37.7. The highest BCUT2D eigenvalue weighted by atomic mass is 32.1. The molecule has 2 unspecified atom stereocenters. The molecule has 3 aromatic rings. The fraction of sp³-hybridized carbons (Fsp3) is 0.488. The molecule has 278 valence electrons. The highest BCUT2D eigenvalue weighted by molar-refractivity contribution is 7.15. The summed E-state index contributed by atoms with van der Waals surface area (Å²) in [5.74, 6) is -6.47. The molecule has 2 aromatic carbocycles. The zero-order valence-corrected chi connectivity index (χ0v) is 31.6. The molecule has 1 heterocycles. The summed E-state index contributed by atoms with van der Waals surface area (Å²) in [6, 6.07) is 15.6. The molecule has 6 N–H and O–H groups in total. The molecule has 3 aliphatic carbocycles. The van der Waals surface area contributed by atoms with E-state index < -0.39 is 58.7 Å². The van der Waals surface area contributed by atoms with Gasteiger partial charge in [-0.25, -0.2) is 0 Å².